The standard InChI is InChI=1S/C30H49NO/c1-19(2)20-11-14-27(5)17-18-29(7)21(25(20)27)9-10-23-28(6)15-13-24(31-32)26(3,4)22(28)12-16-30(23,29)8/h20-23,25,32H,1,9-18H2,2-8H3/b31-24+/t20-,21+,22-,23+,25-,27+,28-,29+,30+/m0/s1. The van der Waals surface area contributed by atoms with Crippen molar-refractivity contribution in [1.29, 1.82) is 0 Å². The molecule has 0 saturated heterocycles. The van der Waals surface area contributed by atoms with Crippen molar-refractivity contribution < 1.29 is 5.21 Å². The first-order valence-electron chi connectivity index (χ1n) is 13.7. The molecule has 9 atom stereocenters. The third-order valence-electron chi connectivity index (χ3n) is 13.4. The highest BCUT2D eigenvalue weighted by molar-refractivity contribution is 5.90. The van der Waals surface area contributed by atoms with Crippen LogP contribution in [0.15, 0.2) is 17.3 Å². The Hall–Kier alpha value is -0.790. The Morgan fingerprint density at radius 1 is 0.844 bits per heavy atom. The Bertz CT molecular complexity index is 842. The molecular formula is C30H49NO. The summed E-state index contributed by atoms with van der Waals surface area (Å²) in [6.45, 7) is 22.2. The molecule has 180 valence electrons. The SMILES string of the molecule is C=C(C)[C@@H]1CC[C@]2(C)CC[C@]3(C)[C@H](CC[C@@H]4[C@@]5(C)CC/C(=N\O)C(C)(C)[C@@H]5CC[C@]43C)[C@H]12. The minimum atomic E-state index is 0.0163. The average molecular weight is 440 g/mol. The Labute approximate surface area is 197 Å². The van der Waals surface area contributed by atoms with Crippen molar-refractivity contribution in [2.24, 2.45) is 61.8 Å². The molecule has 2 nitrogen and oxygen atoms in total. The molecule has 0 spiro atoms. The monoisotopic (exact) mass is 439 g/mol. The van der Waals surface area contributed by atoms with Gasteiger partial charge in [0.05, 0.1) is 5.71 Å². The molecule has 5 rings (SSSR count). The van der Waals surface area contributed by atoms with Crippen LogP contribution >= 0.6 is 0 Å². The number of fused-ring (bicyclic) bond motifs is 7. The lowest BCUT2D eigenvalue weighted by atomic mass is 9.32. The zero-order valence-electron chi connectivity index (χ0n) is 22.1. The molecule has 2 heteroatoms. The maximum Gasteiger partial charge on any atom is 0.0630 e. The number of hydrogen-bond acceptors (Lipinski definition) is 2. The molecule has 0 amide bonds. The van der Waals surface area contributed by atoms with Crippen LogP contribution in [0.2, 0.25) is 0 Å². The second-order valence-corrected chi connectivity index (χ2v) is 14.6. The Morgan fingerprint density at radius 2 is 1.56 bits per heavy atom. The van der Waals surface area contributed by atoms with Gasteiger partial charge in [0.1, 0.15) is 0 Å². The molecule has 1 N–H and O–H groups in total. The molecule has 0 aromatic rings. The Balaban J connectivity index is 1.54. The van der Waals surface area contributed by atoms with Crippen LogP contribution in [0.4, 0.5) is 0 Å². The highest BCUT2D eigenvalue weighted by Crippen LogP contribution is 2.77. The van der Waals surface area contributed by atoms with E-state index in [0.717, 1.165) is 35.8 Å². The fourth-order valence-corrected chi connectivity index (χ4v) is 11.5. The molecule has 0 heterocycles. The van der Waals surface area contributed by atoms with Gasteiger partial charge >= 0.3 is 0 Å². The van der Waals surface area contributed by atoms with Crippen molar-refractivity contribution in [2.75, 3.05) is 0 Å². The van der Waals surface area contributed by atoms with E-state index < -0.39 is 0 Å². The van der Waals surface area contributed by atoms with Crippen LogP contribution < -0.4 is 0 Å². The normalized spacial score (nSPS) is 55.5. The second-order valence-electron chi connectivity index (χ2n) is 14.6. The minimum absolute atomic E-state index is 0.0163. The zero-order chi connectivity index (χ0) is 23.3. The van der Waals surface area contributed by atoms with Crippen LogP contribution in [0.25, 0.3) is 0 Å². The highest BCUT2D eigenvalue weighted by atomic mass is 16.4. The average Bonchev–Trinajstić information content (AvgIpc) is 3.06. The molecule has 0 radical (unpaired) electrons. The molecule has 5 aliphatic carbocycles. The first kappa shape index (κ1) is 23.0. The van der Waals surface area contributed by atoms with E-state index in [9.17, 15) is 5.21 Å². The van der Waals surface area contributed by atoms with E-state index in [1.165, 1.54) is 63.4 Å². The van der Waals surface area contributed by atoms with E-state index >= 15 is 0 Å². The van der Waals surface area contributed by atoms with Gasteiger partial charge in [-0.3, -0.25) is 0 Å². The predicted molar refractivity (Wildman–Crippen MR) is 134 cm³/mol. The lowest BCUT2D eigenvalue weighted by molar-refractivity contribution is -0.226. The molecule has 5 aliphatic rings. The van der Waals surface area contributed by atoms with Crippen LogP contribution in [0.3, 0.4) is 0 Å². The first-order chi connectivity index (χ1) is 14.8. The van der Waals surface area contributed by atoms with E-state index in [2.05, 4.69) is 60.2 Å². The van der Waals surface area contributed by atoms with E-state index in [1.54, 1.807) is 0 Å². The molecule has 5 saturated carbocycles. The van der Waals surface area contributed by atoms with Crippen LogP contribution in [0.5, 0.6) is 0 Å². The fraction of sp³-hybridized carbons (Fsp3) is 0.900. The van der Waals surface area contributed by atoms with E-state index in [4.69, 9.17) is 0 Å². The van der Waals surface area contributed by atoms with Crippen LogP contribution in [0.1, 0.15) is 113 Å². The van der Waals surface area contributed by atoms with Crippen molar-refractivity contribution in [1.82, 2.24) is 0 Å². The summed E-state index contributed by atoms with van der Waals surface area (Å²) in [5, 5.41) is 13.5. The quantitative estimate of drug-likeness (QED) is 0.248. The number of allylic oxidation sites excluding steroid dienone is 1. The van der Waals surface area contributed by atoms with Gasteiger partial charge in [0.15, 0.2) is 0 Å². The summed E-state index contributed by atoms with van der Waals surface area (Å²) >= 11 is 0. The highest BCUT2D eigenvalue weighted by Gasteiger charge is 2.70. The summed E-state index contributed by atoms with van der Waals surface area (Å²) in [5.41, 5.74) is 4.29. The second kappa shape index (κ2) is 6.88. The number of hydrogen-bond donors (Lipinski definition) is 1. The number of oxime groups is 1. The third kappa shape index (κ3) is 2.62. The van der Waals surface area contributed by atoms with E-state index in [0.29, 0.717) is 27.6 Å². The van der Waals surface area contributed by atoms with Crippen molar-refractivity contribution >= 4 is 5.71 Å². The third-order valence-corrected chi connectivity index (χ3v) is 13.4. The van der Waals surface area contributed by atoms with Gasteiger partial charge in [0, 0.05) is 5.41 Å². The van der Waals surface area contributed by atoms with E-state index in [1.807, 2.05) is 0 Å². The van der Waals surface area contributed by atoms with Crippen molar-refractivity contribution in [3.8, 4) is 0 Å². The van der Waals surface area contributed by atoms with Gasteiger partial charge in [0.2, 0.25) is 0 Å². The maximum absolute atomic E-state index is 9.74. The summed E-state index contributed by atoms with van der Waals surface area (Å²) in [7, 11) is 0. The van der Waals surface area contributed by atoms with Gasteiger partial charge in [-0.15, -0.1) is 0 Å². The smallest absolute Gasteiger partial charge is 0.0630 e. The van der Waals surface area contributed by atoms with E-state index in [-0.39, 0.29) is 5.41 Å². The van der Waals surface area contributed by atoms with Crippen LogP contribution in [-0.4, -0.2) is 10.9 Å². The molecule has 0 unspecified atom stereocenters. The van der Waals surface area contributed by atoms with Gasteiger partial charge in [-0.2, -0.15) is 0 Å². The lowest BCUT2D eigenvalue weighted by Crippen LogP contribution is -2.66. The molecular weight excluding hydrogens is 390 g/mol. The summed E-state index contributed by atoms with van der Waals surface area (Å²) in [4.78, 5) is 0. The number of nitrogens with zero attached hydrogens (tertiary/aromatic N) is 1. The van der Waals surface area contributed by atoms with Gasteiger partial charge in [-0.1, -0.05) is 58.9 Å². The largest absolute Gasteiger partial charge is 0.411 e. The maximum atomic E-state index is 9.74. The predicted octanol–water partition coefficient (Wildman–Crippen LogP) is 8.49. The summed E-state index contributed by atoms with van der Waals surface area (Å²) in [5.74, 6) is 3.88. The molecule has 0 aromatic heterocycles. The first-order valence-corrected chi connectivity index (χ1v) is 13.7. The lowest BCUT2D eigenvalue weighted by Gasteiger charge is -2.72. The van der Waals surface area contributed by atoms with Crippen LogP contribution in [0, 0.1) is 56.7 Å². The molecule has 0 aliphatic heterocycles. The van der Waals surface area contributed by atoms with Gasteiger partial charge in [0.25, 0.3) is 0 Å². The fourth-order valence-electron chi connectivity index (χ4n) is 11.5. The number of rotatable bonds is 1. The molecule has 5 fully saturated rings. The van der Waals surface area contributed by atoms with Gasteiger partial charge < -0.3 is 5.21 Å². The molecule has 0 aromatic carbocycles. The molecule has 0 bridgehead atoms. The van der Waals surface area contributed by atoms with Crippen molar-refractivity contribution in [2.45, 2.75) is 113 Å². The Kier molecular flexibility index (Phi) is 4.94. The molecule has 32 heavy (non-hydrogen) atoms. The van der Waals surface area contributed by atoms with Gasteiger partial charge in [-0.05, 0) is 122 Å². The van der Waals surface area contributed by atoms with Crippen molar-refractivity contribution in [3.63, 3.8) is 0 Å². The van der Waals surface area contributed by atoms with Crippen molar-refractivity contribution in [3.05, 3.63) is 12.2 Å². The topological polar surface area (TPSA) is 32.6 Å². The zero-order valence-corrected chi connectivity index (χ0v) is 22.1. The minimum Gasteiger partial charge on any atom is -0.411 e. The summed E-state index contributed by atoms with van der Waals surface area (Å²) < 4.78 is 0. The summed E-state index contributed by atoms with van der Waals surface area (Å²) in [6, 6.07) is 0. The van der Waals surface area contributed by atoms with Gasteiger partial charge in [-0.25, -0.2) is 0 Å². The van der Waals surface area contributed by atoms with Crippen LogP contribution in [-0.2, 0) is 0 Å². The summed E-state index contributed by atoms with van der Waals surface area (Å²) in [6.07, 6.45) is 13.3. The Morgan fingerprint density at radius 3 is 2.22 bits per heavy atom.